The Balaban J connectivity index is 1.82. The summed E-state index contributed by atoms with van der Waals surface area (Å²) >= 11 is -2.71. The first-order chi connectivity index (χ1) is 8.07. The molecule has 0 N–H and O–H groups in total. The van der Waals surface area contributed by atoms with E-state index >= 15 is 0 Å². The fraction of sp³-hybridized carbons (Fsp3) is 0.429. The third-order valence-corrected chi connectivity index (χ3v) is 15.5. The fourth-order valence-corrected chi connectivity index (χ4v) is 11.6. The topological polar surface area (TPSA) is 0 Å². The minimum atomic E-state index is -2.71. The van der Waals surface area contributed by atoms with Gasteiger partial charge in [0.2, 0.25) is 0 Å². The van der Waals surface area contributed by atoms with Gasteiger partial charge in [0.25, 0.3) is 0 Å². The molecule has 0 saturated carbocycles. The molecule has 93 valence electrons. The van der Waals surface area contributed by atoms with E-state index in [9.17, 15) is 0 Å². The number of fused-ring (bicyclic) bond motifs is 4. The molecule has 0 radical (unpaired) electrons. The normalized spacial score (nSPS) is 49.8. The molecule has 0 nitrogen and oxygen atoms in total. The third-order valence-electron chi connectivity index (χ3n) is 4.31. The predicted molar refractivity (Wildman–Crippen MR) is 69.9 cm³/mol. The number of hydrogen-bond acceptors (Lipinski definition) is 0. The van der Waals surface area contributed by atoms with Crippen LogP contribution in [0.2, 0.25) is 8.02 Å². The first-order valence-electron chi connectivity index (χ1n) is 5.93. The number of hydrogen-bond donors (Lipinski definition) is 0. The number of halogens is 2. The molecule has 17 heavy (non-hydrogen) atoms. The third kappa shape index (κ3) is 1.19. The van der Waals surface area contributed by atoms with Crippen molar-refractivity contribution in [3.8, 4) is 0 Å². The summed E-state index contributed by atoms with van der Waals surface area (Å²) in [5, 5.41) is 0. The quantitative estimate of drug-likeness (QED) is 0.480. The van der Waals surface area contributed by atoms with Crippen molar-refractivity contribution in [2.24, 2.45) is 11.8 Å². The summed E-state index contributed by atoms with van der Waals surface area (Å²) in [6.45, 7) is 0. The molecular formula is C14H14Cl2Rh. The van der Waals surface area contributed by atoms with Crippen molar-refractivity contribution in [2.45, 2.75) is 20.9 Å². The second-order valence-electron chi connectivity index (χ2n) is 5.33. The summed E-state index contributed by atoms with van der Waals surface area (Å²) in [6, 6.07) is 0. The zero-order valence-corrected chi connectivity index (χ0v) is 12.4. The van der Waals surface area contributed by atoms with Gasteiger partial charge in [-0.25, -0.2) is 0 Å². The Hall–Kier alpha value is 0.163. The van der Waals surface area contributed by atoms with Gasteiger partial charge >= 0.3 is 113 Å². The van der Waals surface area contributed by atoms with Crippen molar-refractivity contribution in [1.29, 1.82) is 0 Å². The van der Waals surface area contributed by atoms with Crippen LogP contribution in [0.15, 0.2) is 48.6 Å². The van der Waals surface area contributed by atoms with Gasteiger partial charge in [-0.1, -0.05) is 0 Å². The fourth-order valence-electron chi connectivity index (χ4n) is 3.34. The number of allylic oxidation sites excluding steroid dienone is 8. The standard InChI is InChI=1S/2C7H7.2ClH.Rh/c2*1-2-7-4-3-6(1)5-7;;;/h2*1-4,6H,5H2;2*1H;/q;;;;+2/p-2. The Bertz CT molecular complexity index is 426. The van der Waals surface area contributed by atoms with E-state index in [4.69, 9.17) is 19.4 Å². The summed E-state index contributed by atoms with van der Waals surface area (Å²) in [6.07, 6.45) is 20.5. The van der Waals surface area contributed by atoms with Crippen LogP contribution in [-0.4, -0.2) is 0 Å². The first-order valence-corrected chi connectivity index (χ1v) is 11.8. The van der Waals surface area contributed by atoms with E-state index in [0.29, 0.717) is 11.8 Å². The zero-order valence-electron chi connectivity index (χ0n) is 9.28. The van der Waals surface area contributed by atoms with Crippen molar-refractivity contribution in [3.63, 3.8) is 0 Å². The van der Waals surface area contributed by atoms with Crippen molar-refractivity contribution in [1.82, 2.24) is 0 Å². The van der Waals surface area contributed by atoms with Crippen molar-refractivity contribution in [2.75, 3.05) is 0 Å². The van der Waals surface area contributed by atoms with Crippen LogP contribution >= 0.6 is 19.4 Å². The first kappa shape index (κ1) is 11.0. The summed E-state index contributed by atoms with van der Waals surface area (Å²) in [5.41, 5.74) is 0. The average molecular weight is 356 g/mol. The molecule has 4 aliphatic carbocycles. The Morgan fingerprint density at radius 2 is 1.12 bits per heavy atom. The second kappa shape index (κ2) is 3.18. The van der Waals surface area contributed by atoms with E-state index < -0.39 is 12.8 Å². The molecule has 0 unspecified atom stereocenters. The van der Waals surface area contributed by atoms with Gasteiger partial charge < -0.3 is 0 Å². The van der Waals surface area contributed by atoms with Crippen molar-refractivity contribution >= 4 is 19.4 Å². The molecule has 4 aliphatic rings. The van der Waals surface area contributed by atoms with Crippen LogP contribution in [0.5, 0.6) is 0 Å². The summed E-state index contributed by atoms with van der Waals surface area (Å²) < 4.78 is -0.0239. The van der Waals surface area contributed by atoms with Gasteiger partial charge in [0.1, 0.15) is 0 Å². The molecule has 0 heterocycles. The van der Waals surface area contributed by atoms with E-state index in [1.807, 2.05) is 0 Å². The van der Waals surface area contributed by atoms with Crippen LogP contribution in [0.1, 0.15) is 12.8 Å². The van der Waals surface area contributed by atoms with E-state index in [1.165, 1.54) is 0 Å². The van der Waals surface area contributed by atoms with E-state index in [1.54, 1.807) is 0 Å². The van der Waals surface area contributed by atoms with Gasteiger partial charge in [-0.05, 0) is 0 Å². The van der Waals surface area contributed by atoms with Crippen LogP contribution in [0.4, 0.5) is 0 Å². The SMILES string of the molecule is [Cl][Rh]([Cl])([C]12C=CC(C=C1)C2)[C]12C=CC(C=C1)C2. The van der Waals surface area contributed by atoms with Crippen LogP contribution in [-0.2, 0) is 12.8 Å². The molecule has 0 atom stereocenters. The molecule has 0 aromatic heterocycles. The van der Waals surface area contributed by atoms with Gasteiger partial charge in [-0.3, -0.25) is 0 Å². The maximum absolute atomic E-state index is 7.04. The average Bonchev–Trinajstić information content (AvgIpc) is 3.09. The molecule has 0 saturated heterocycles. The molecule has 0 aromatic carbocycles. The van der Waals surface area contributed by atoms with Crippen LogP contribution in [0.25, 0.3) is 0 Å². The maximum atomic E-state index is 7.04. The van der Waals surface area contributed by atoms with Gasteiger partial charge in [0, 0.05) is 0 Å². The Morgan fingerprint density at radius 3 is 1.35 bits per heavy atom. The Kier molecular flexibility index (Phi) is 2.07. The van der Waals surface area contributed by atoms with Crippen LogP contribution in [0.3, 0.4) is 0 Å². The monoisotopic (exact) mass is 355 g/mol. The molecule has 4 rings (SSSR count). The molecule has 4 bridgehead atoms. The summed E-state index contributed by atoms with van der Waals surface area (Å²) in [4.78, 5) is 0. The van der Waals surface area contributed by atoms with Gasteiger partial charge in [0.15, 0.2) is 0 Å². The van der Waals surface area contributed by atoms with E-state index in [0.717, 1.165) is 12.8 Å². The summed E-state index contributed by atoms with van der Waals surface area (Å²) in [7, 11) is 14.1. The Labute approximate surface area is 113 Å². The molecular weight excluding hydrogens is 342 g/mol. The van der Waals surface area contributed by atoms with Crippen LogP contribution in [0, 0.1) is 11.8 Å². The molecule has 0 aliphatic heterocycles. The molecule has 0 fully saturated rings. The van der Waals surface area contributed by atoms with E-state index in [2.05, 4.69) is 48.6 Å². The minimum absolute atomic E-state index is 0.0119. The predicted octanol–water partition coefficient (Wildman–Crippen LogP) is 5.06. The second-order valence-corrected chi connectivity index (χ2v) is 15.5. The Morgan fingerprint density at radius 1 is 0.765 bits per heavy atom. The molecule has 3 heteroatoms. The van der Waals surface area contributed by atoms with Crippen molar-refractivity contribution < 1.29 is 12.8 Å². The van der Waals surface area contributed by atoms with E-state index in [-0.39, 0.29) is 8.02 Å². The van der Waals surface area contributed by atoms with Gasteiger partial charge in [-0.2, -0.15) is 0 Å². The van der Waals surface area contributed by atoms with Gasteiger partial charge in [0.05, 0.1) is 0 Å². The van der Waals surface area contributed by atoms with Crippen molar-refractivity contribution in [3.05, 3.63) is 48.6 Å². The summed E-state index contributed by atoms with van der Waals surface area (Å²) in [5.74, 6) is 1.15. The number of rotatable bonds is 2. The van der Waals surface area contributed by atoms with Crippen LogP contribution < -0.4 is 0 Å². The van der Waals surface area contributed by atoms with Gasteiger partial charge in [-0.15, -0.1) is 0 Å². The zero-order chi connectivity index (χ0) is 11.7. The molecule has 0 amide bonds. The molecule has 0 aromatic rings. The molecule has 0 spiro atoms.